The molecule has 0 aromatic heterocycles. The first kappa shape index (κ1) is 21.3. The Hall–Kier alpha value is -2.44. The molecule has 0 saturated carbocycles. The molecule has 2 aromatic carbocycles. The molecule has 0 atom stereocenters. The Labute approximate surface area is 179 Å². The lowest BCUT2D eigenvalue weighted by atomic mass is 10.1. The van der Waals surface area contributed by atoms with E-state index < -0.39 is 0 Å². The number of carbonyl (C=O) groups excluding carboxylic acids is 2. The summed E-state index contributed by atoms with van der Waals surface area (Å²) >= 11 is 7.88. The fraction of sp³-hybridized carbons (Fsp3) is 0.273. The van der Waals surface area contributed by atoms with Gasteiger partial charge in [0.15, 0.2) is 11.5 Å². The van der Waals surface area contributed by atoms with E-state index in [4.69, 9.17) is 16.3 Å². The summed E-state index contributed by atoms with van der Waals surface area (Å²) in [5.74, 6) is 2.30. The van der Waals surface area contributed by atoms with Gasteiger partial charge in [-0.15, -0.1) is 0 Å². The van der Waals surface area contributed by atoms with Crippen LogP contribution in [0.2, 0.25) is 5.02 Å². The molecule has 152 valence electrons. The highest BCUT2D eigenvalue weighted by atomic mass is 35.5. The fourth-order valence-corrected chi connectivity index (χ4v) is 3.81. The average molecular weight is 431 g/mol. The summed E-state index contributed by atoms with van der Waals surface area (Å²) in [6.07, 6.45) is 3.72. The van der Waals surface area contributed by atoms with Crippen molar-refractivity contribution >= 4 is 46.9 Å². The van der Waals surface area contributed by atoms with Crippen LogP contribution in [0.4, 0.5) is 5.69 Å². The highest BCUT2D eigenvalue weighted by Gasteiger charge is 2.23. The molecule has 29 heavy (non-hydrogen) atoms. The molecule has 5 nitrogen and oxygen atoms in total. The molecule has 0 unspecified atom stereocenters. The summed E-state index contributed by atoms with van der Waals surface area (Å²) in [6.45, 7) is 2.78. The maximum absolute atomic E-state index is 12.4. The molecule has 0 bridgehead atoms. The highest BCUT2D eigenvalue weighted by Crippen LogP contribution is 2.32. The van der Waals surface area contributed by atoms with Gasteiger partial charge in [-0.1, -0.05) is 30.7 Å². The Morgan fingerprint density at radius 1 is 1.24 bits per heavy atom. The molecule has 1 aliphatic heterocycles. The number of hydrogen-bond acceptors (Lipinski definition) is 4. The van der Waals surface area contributed by atoms with Crippen LogP contribution in [0.1, 0.15) is 35.7 Å². The summed E-state index contributed by atoms with van der Waals surface area (Å²) in [6, 6.07) is 12.1. The lowest BCUT2D eigenvalue weighted by Crippen LogP contribution is -2.26. The molecule has 1 aliphatic rings. The molecule has 2 amide bonds. The van der Waals surface area contributed by atoms with Gasteiger partial charge in [-0.05, 0) is 66.3 Å². The van der Waals surface area contributed by atoms with Crippen LogP contribution < -0.4 is 15.4 Å². The van der Waals surface area contributed by atoms with E-state index in [0.717, 1.165) is 29.9 Å². The molecular weight excluding hydrogens is 408 g/mol. The predicted molar refractivity (Wildman–Crippen MR) is 120 cm³/mol. The summed E-state index contributed by atoms with van der Waals surface area (Å²) < 4.78 is 5.73. The third-order valence-corrected chi connectivity index (χ3v) is 5.69. The smallest absolute Gasteiger partial charge is 0.291 e. The quantitative estimate of drug-likeness (QED) is 0.458. The van der Waals surface area contributed by atoms with Crippen LogP contribution in [0.15, 0.2) is 48.2 Å². The van der Waals surface area contributed by atoms with Gasteiger partial charge in [0.25, 0.3) is 11.8 Å². The highest BCUT2D eigenvalue weighted by molar-refractivity contribution is 7.99. The molecule has 2 aromatic rings. The summed E-state index contributed by atoms with van der Waals surface area (Å²) in [5, 5.41) is 6.27. The lowest BCUT2D eigenvalue weighted by molar-refractivity contribution is -0.115. The van der Waals surface area contributed by atoms with Gasteiger partial charge in [-0.25, -0.2) is 0 Å². The first-order valence-corrected chi connectivity index (χ1v) is 11.1. The Morgan fingerprint density at radius 3 is 2.90 bits per heavy atom. The van der Waals surface area contributed by atoms with Crippen LogP contribution in [0.25, 0.3) is 6.08 Å². The van der Waals surface area contributed by atoms with Gasteiger partial charge in [0.1, 0.15) is 0 Å². The van der Waals surface area contributed by atoms with E-state index in [-0.39, 0.29) is 17.6 Å². The van der Waals surface area contributed by atoms with E-state index in [0.29, 0.717) is 28.6 Å². The average Bonchev–Trinajstić information content (AvgIpc) is 2.70. The minimum Gasteiger partial charge on any atom is -0.449 e. The molecule has 1 heterocycles. The zero-order valence-corrected chi connectivity index (χ0v) is 17.7. The maximum Gasteiger partial charge on any atom is 0.291 e. The van der Waals surface area contributed by atoms with E-state index in [1.807, 2.05) is 17.8 Å². The largest absolute Gasteiger partial charge is 0.449 e. The number of halogens is 1. The van der Waals surface area contributed by atoms with E-state index >= 15 is 0 Å². The van der Waals surface area contributed by atoms with Gasteiger partial charge in [0.2, 0.25) is 0 Å². The monoisotopic (exact) mass is 430 g/mol. The number of rotatable bonds is 8. The van der Waals surface area contributed by atoms with Crippen molar-refractivity contribution in [1.82, 2.24) is 5.32 Å². The minimum atomic E-state index is -0.372. The van der Waals surface area contributed by atoms with Gasteiger partial charge >= 0.3 is 0 Å². The van der Waals surface area contributed by atoms with Crippen molar-refractivity contribution in [3.63, 3.8) is 0 Å². The molecule has 0 radical (unpaired) electrons. The van der Waals surface area contributed by atoms with Crippen LogP contribution >= 0.6 is 23.4 Å². The summed E-state index contributed by atoms with van der Waals surface area (Å²) in [5.41, 5.74) is 1.72. The Bertz CT molecular complexity index is 930. The van der Waals surface area contributed by atoms with Crippen molar-refractivity contribution in [2.24, 2.45) is 0 Å². The number of carbonyl (C=O) groups is 2. The predicted octanol–water partition coefficient (Wildman–Crippen LogP) is 4.98. The van der Waals surface area contributed by atoms with Gasteiger partial charge in [-0.2, -0.15) is 11.8 Å². The molecule has 3 rings (SSSR count). The van der Waals surface area contributed by atoms with Crippen LogP contribution in [0.5, 0.6) is 5.75 Å². The number of nitrogens with one attached hydrogen (secondary N) is 2. The third kappa shape index (κ3) is 6.02. The number of hydrogen-bond donors (Lipinski definition) is 2. The number of benzene rings is 2. The van der Waals surface area contributed by atoms with Crippen LogP contribution in [-0.2, 0) is 4.79 Å². The minimum absolute atomic E-state index is 0.164. The van der Waals surface area contributed by atoms with Gasteiger partial charge in [-0.3, -0.25) is 9.59 Å². The van der Waals surface area contributed by atoms with E-state index in [9.17, 15) is 9.59 Å². The fourth-order valence-electron chi connectivity index (χ4n) is 2.77. The van der Waals surface area contributed by atoms with Gasteiger partial charge < -0.3 is 15.4 Å². The molecule has 0 fully saturated rings. The Morgan fingerprint density at radius 2 is 2.10 bits per heavy atom. The van der Waals surface area contributed by atoms with Crippen LogP contribution in [0.3, 0.4) is 0 Å². The number of fused-ring (bicyclic) bond motifs is 1. The standard InChI is InChI=1S/C22H23ClN2O3S/c1-2-10-29-11-4-9-24-21(26)16-7-8-19-18(14-16)25-22(27)20(28-19)13-15-5-3-6-17(23)12-15/h3,5-8,12-14H,2,4,9-11H2,1H3,(H,24,26)(H,25,27). The number of ether oxygens (including phenoxy) is 1. The van der Waals surface area contributed by atoms with Crippen molar-refractivity contribution in [3.05, 3.63) is 64.4 Å². The Balaban J connectivity index is 1.63. The molecule has 0 spiro atoms. The molecule has 0 aliphatic carbocycles. The van der Waals surface area contributed by atoms with Gasteiger partial charge in [0.05, 0.1) is 5.69 Å². The first-order chi connectivity index (χ1) is 14.1. The second-order valence-electron chi connectivity index (χ2n) is 6.55. The zero-order chi connectivity index (χ0) is 20.6. The van der Waals surface area contributed by atoms with Crippen molar-refractivity contribution < 1.29 is 14.3 Å². The number of thioether (sulfide) groups is 1. The number of anilines is 1. The van der Waals surface area contributed by atoms with Crippen molar-refractivity contribution in [2.45, 2.75) is 19.8 Å². The third-order valence-electron chi connectivity index (χ3n) is 4.18. The van der Waals surface area contributed by atoms with E-state index in [2.05, 4.69) is 17.6 Å². The van der Waals surface area contributed by atoms with Crippen molar-refractivity contribution in [3.8, 4) is 5.75 Å². The maximum atomic E-state index is 12.4. The molecule has 7 heteroatoms. The van der Waals surface area contributed by atoms with E-state index in [1.54, 1.807) is 42.5 Å². The van der Waals surface area contributed by atoms with Crippen LogP contribution in [-0.4, -0.2) is 29.9 Å². The number of amides is 2. The SMILES string of the molecule is CCCSCCCNC(=O)c1ccc2c(c1)NC(=O)C(=Cc1cccc(Cl)c1)O2. The van der Waals surface area contributed by atoms with E-state index in [1.165, 1.54) is 0 Å². The van der Waals surface area contributed by atoms with Crippen LogP contribution in [0, 0.1) is 0 Å². The second-order valence-corrected chi connectivity index (χ2v) is 8.21. The molecular formula is C22H23ClN2O3S. The second kappa shape index (κ2) is 10.4. The molecule has 2 N–H and O–H groups in total. The normalized spacial score (nSPS) is 14.1. The first-order valence-electron chi connectivity index (χ1n) is 9.53. The molecule has 0 saturated heterocycles. The summed E-state index contributed by atoms with van der Waals surface area (Å²) in [4.78, 5) is 24.7. The Kier molecular flexibility index (Phi) is 7.61. The topological polar surface area (TPSA) is 67.4 Å². The van der Waals surface area contributed by atoms with Crippen molar-refractivity contribution in [1.29, 1.82) is 0 Å². The summed E-state index contributed by atoms with van der Waals surface area (Å²) in [7, 11) is 0. The lowest BCUT2D eigenvalue weighted by Gasteiger charge is -2.20. The van der Waals surface area contributed by atoms with Gasteiger partial charge in [0, 0.05) is 17.1 Å². The van der Waals surface area contributed by atoms with Crippen molar-refractivity contribution in [2.75, 3.05) is 23.4 Å². The zero-order valence-electron chi connectivity index (χ0n) is 16.2.